The minimum atomic E-state index is -0.730. The highest BCUT2D eigenvalue weighted by molar-refractivity contribution is 5.69. The van der Waals surface area contributed by atoms with Gasteiger partial charge in [-0.3, -0.25) is 9.69 Å². The maximum atomic E-state index is 10.4. The highest BCUT2D eigenvalue weighted by atomic mass is 16.4. The second-order valence-corrected chi connectivity index (χ2v) is 3.46. The first-order valence-corrected chi connectivity index (χ1v) is 4.24. The van der Waals surface area contributed by atoms with E-state index in [1.807, 2.05) is 4.90 Å². The molecule has 0 aromatic heterocycles. The molecule has 0 aliphatic carbocycles. The van der Waals surface area contributed by atoms with Gasteiger partial charge in [-0.2, -0.15) is 0 Å². The van der Waals surface area contributed by atoms with Crippen molar-refractivity contribution >= 4 is 5.97 Å². The zero-order valence-corrected chi connectivity index (χ0v) is 7.66. The molecule has 1 heterocycles. The lowest BCUT2D eigenvalue weighted by Crippen LogP contribution is -2.51. The average molecular weight is 172 g/mol. The first kappa shape index (κ1) is 9.48. The predicted octanol–water partition coefficient (Wildman–Crippen LogP) is -0.293. The van der Waals surface area contributed by atoms with Crippen LogP contribution in [0.25, 0.3) is 0 Å². The second kappa shape index (κ2) is 3.87. The Labute approximate surface area is 72.8 Å². The van der Waals surface area contributed by atoms with E-state index in [9.17, 15) is 4.79 Å². The quantitative estimate of drug-likeness (QED) is 0.621. The number of aliphatic carboxylic acids is 1. The fourth-order valence-electron chi connectivity index (χ4n) is 1.46. The topological polar surface area (TPSA) is 43.8 Å². The Morgan fingerprint density at radius 1 is 1.58 bits per heavy atom. The largest absolute Gasteiger partial charge is 0.480 e. The lowest BCUT2D eigenvalue weighted by molar-refractivity contribution is -0.138. The Morgan fingerprint density at radius 2 is 2.25 bits per heavy atom. The number of nitrogens with zero attached hydrogens (tertiary/aromatic N) is 2. The molecule has 1 N–H and O–H groups in total. The summed E-state index contributed by atoms with van der Waals surface area (Å²) in [5, 5.41) is 8.56. The van der Waals surface area contributed by atoms with Crippen molar-refractivity contribution in [1.82, 2.24) is 9.80 Å². The molecule has 0 radical (unpaired) electrons. The van der Waals surface area contributed by atoms with Crippen molar-refractivity contribution in [3.8, 4) is 0 Å². The van der Waals surface area contributed by atoms with Crippen molar-refractivity contribution in [1.29, 1.82) is 0 Å². The van der Waals surface area contributed by atoms with E-state index in [4.69, 9.17) is 5.11 Å². The number of hydrogen-bond acceptors (Lipinski definition) is 3. The fourth-order valence-corrected chi connectivity index (χ4v) is 1.46. The van der Waals surface area contributed by atoms with Crippen molar-refractivity contribution in [2.45, 2.75) is 13.0 Å². The second-order valence-electron chi connectivity index (χ2n) is 3.46. The molecule has 0 spiro atoms. The highest BCUT2D eigenvalue weighted by Crippen LogP contribution is 2.05. The van der Waals surface area contributed by atoms with E-state index in [1.54, 1.807) is 0 Å². The van der Waals surface area contributed by atoms with E-state index in [-0.39, 0.29) is 6.54 Å². The summed E-state index contributed by atoms with van der Waals surface area (Å²) in [6.45, 7) is 5.00. The molecule has 4 nitrogen and oxygen atoms in total. The van der Waals surface area contributed by atoms with Gasteiger partial charge in [-0.25, -0.2) is 0 Å². The minimum Gasteiger partial charge on any atom is -0.480 e. The number of carboxylic acid groups (broad SMARTS) is 1. The molecule has 1 fully saturated rings. The summed E-state index contributed by atoms with van der Waals surface area (Å²) < 4.78 is 0. The maximum Gasteiger partial charge on any atom is 0.317 e. The number of piperazine rings is 1. The van der Waals surface area contributed by atoms with Gasteiger partial charge in [0.2, 0.25) is 0 Å². The molecule has 0 unspecified atom stereocenters. The highest BCUT2D eigenvalue weighted by Gasteiger charge is 2.21. The lowest BCUT2D eigenvalue weighted by atomic mass is 10.2. The van der Waals surface area contributed by atoms with Crippen LogP contribution in [0.3, 0.4) is 0 Å². The molecule has 1 atom stereocenters. The van der Waals surface area contributed by atoms with Crippen LogP contribution in [0.15, 0.2) is 0 Å². The van der Waals surface area contributed by atoms with E-state index in [2.05, 4.69) is 18.9 Å². The minimum absolute atomic E-state index is 0.179. The van der Waals surface area contributed by atoms with Crippen LogP contribution in [-0.4, -0.2) is 60.1 Å². The molecule has 0 aromatic carbocycles. The molecule has 0 saturated carbocycles. The fraction of sp³-hybridized carbons (Fsp3) is 0.875. The molecule has 1 aliphatic rings. The van der Waals surface area contributed by atoms with Crippen LogP contribution < -0.4 is 0 Å². The van der Waals surface area contributed by atoms with Gasteiger partial charge in [0.25, 0.3) is 0 Å². The van der Waals surface area contributed by atoms with Crippen LogP contribution in [0.5, 0.6) is 0 Å². The van der Waals surface area contributed by atoms with Crippen LogP contribution in [0, 0.1) is 0 Å². The van der Waals surface area contributed by atoms with Gasteiger partial charge in [-0.1, -0.05) is 0 Å². The number of hydrogen-bond donors (Lipinski definition) is 1. The van der Waals surface area contributed by atoms with E-state index < -0.39 is 5.97 Å². The third kappa shape index (κ3) is 2.46. The van der Waals surface area contributed by atoms with Crippen LogP contribution in [0.2, 0.25) is 0 Å². The Hall–Kier alpha value is -0.610. The van der Waals surface area contributed by atoms with Gasteiger partial charge in [-0.15, -0.1) is 0 Å². The molecule has 70 valence electrons. The van der Waals surface area contributed by atoms with Gasteiger partial charge in [0.15, 0.2) is 0 Å². The smallest absolute Gasteiger partial charge is 0.317 e. The van der Waals surface area contributed by atoms with Gasteiger partial charge in [0, 0.05) is 25.7 Å². The van der Waals surface area contributed by atoms with Crippen LogP contribution in [0.4, 0.5) is 0 Å². The van der Waals surface area contributed by atoms with E-state index in [0.29, 0.717) is 6.04 Å². The van der Waals surface area contributed by atoms with E-state index in [1.165, 1.54) is 0 Å². The summed E-state index contributed by atoms with van der Waals surface area (Å²) >= 11 is 0. The monoisotopic (exact) mass is 172 g/mol. The first-order chi connectivity index (χ1) is 5.59. The molecular weight excluding hydrogens is 156 g/mol. The van der Waals surface area contributed by atoms with Crippen molar-refractivity contribution in [3.05, 3.63) is 0 Å². The Bertz CT molecular complexity index is 172. The van der Waals surface area contributed by atoms with Crippen LogP contribution >= 0.6 is 0 Å². The zero-order chi connectivity index (χ0) is 9.14. The summed E-state index contributed by atoms with van der Waals surface area (Å²) in [7, 11) is 2.07. The molecule has 0 amide bonds. The average Bonchev–Trinajstić information content (AvgIpc) is 1.96. The van der Waals surface area contributed by atoms with Gasteiger partial charge < -0.3 is 10.0 Å². The van der Waals surface area contributed by atoms with Crippen molar-refractivity contribution < 1.29 is 9.90 Å². The molecule has 1 aliphatic heterocycles. The summed E-state index contributed by atoms with van der Waals surface area (Å²) in [4.78, 5) is 14.6. The summed E-state index contributed by atoms with van der Waals surface area (Å²) in [6.07, 6.45) is 0. The third-order valence-corrected chi connectivity index (χ3v) is 2.40. The zero-order valence-electron chi connectivity index (χ0n) is 7.66. The Balaban J connectivity index is 2.35. The molecule has 0 bridgehead atoms. The number of rotatable bonds is 2. The van der Waals surface area contributed by atoms with Crippen LogP contribution in [-0.2, 0) is 4.79 Å². The summed E-state index contributed by atoms with van der Waals surface area (Å²) in [6, 6.07) is 0.470. The summed E-state index contributed by atoms with van der Waals surface area (Å²) in [5.41, 5.74) is 0. The molecule has 12 heavy (non-hydrogen) atoms. The first-order valence-electron chi connectivity index (χ1n) is 4.24. The van der Waals surface area contributed by atoms with Crippen molar-refractivity contribution in [3.63, 3.8) is 0 Å². The van der Waals surface area contributed by atoms with Crippen LogP contribution in [0.1, 0.15) is 6.92 Å². The third-order valence-electron chi connectivity index (χ3n) is 2.40. The molecule has 4 heteroatoms. The lowest BCUT2D eigenvalue weighted by Gasteiger charge is -2.36. The van der Waals surface area contributed by atoms with Gasteiger partial charge in [0.1, 0.15) is 0 Å². The number of carbonyl (C=O) groups is 1. The SMILES string of the molecule is C[C@@H]1CN(CC(=O)O)CCN1C. The Kier molecular flexibility index (Phi) is 3.05. The number of likely N-dealkylation sites (N-methyl/N-ethyl adjacent to an activating group) is 1. The molecule has 1 rings (SSSR count). The van der Waals surface area contributed by atoms with Gasteiger partial charge in [-0.05, 0) is 14.0 Å². The summed E-state index contributed by atoms with van der Waals surface area (Å²) in [5.74, 6) is -0.730. The Morgan fingerprint density at radius 3 is 2.75 bits per heavy atom. The molecular formula is C8H16N2O2. The van der Waals surface area contributed by atoms with E-state index in [0.717, 1.165) is 19.6 Å². The molecule has 0 aromatic rings. The van der Waals surface area contributed by atoms with Gasteiger partial charge in [0.05, 0.1) is 6.54 Å². The van der Waals surface area contributed by atoms with Crippen molar-refractivity contribution in [2.24, 2.45) is 0 Å². The van der Waals surface area contributed by atoms with Gasteiger partial charge >= 0.3 is 5.97 Å². The normalized spacial score (nSPS) is 27.3. The molecule has 1 saturated heterocycles. The number of carboxylic acids is 1. The maximum absolute atomic E-state index is 10.4. The predicted molar refractivity (Wildman–Crippen MR) is 46.2 cm³/mol. The van der Waals surface area contributed by atoms with Crippen molar-refractivity contribution in [2.75, 3.05) is 33.2 Å². The van der Waals surface area contributed by atoms with E-state index >= 15 is 0 Å². The standard InChI is InChI=1S/C8H16N2O2/c1-7-5-10(6-8(11)12)4-3-9(7)2/h7H,3-6H2,1-2H3,(H,11,12)/t7-/m1/s1.